The number of phenolic OH excluding ortho intramolecular Hbond substituents is 1. The second kappa shape index (κ2) is 9.80. The number of anilines is 1. The molecule has 2 heterocycles. The van der Waals surface area contributed by atoms with E-state index in [4.69, 9.17) is 0 Å². The van der Waals surface area contributed by atoms with Crippen LogP contribution in [0, 0.1) is 0 Å². The minimum absolute atomic E-state index is 0.0129. The van der Waals surface area contributed by atoms with Crippen LogP contribution in [0.4, 0.5) is 10.5 Å². The Morgan fingerprint density at radius 2 is 1.86 bits per heavy atom. The predicted molar refractivity (Wildman–Crippen MR) is 132 cm³/mol. The van der Waals surface area contributed by atoms with Crippen molar-refractivity contribution in [3.8, 4) is 17.0 Å². The molecule has 2 aromatic carbocycles. The summed E-state index contributed by atoms with van der Waals surface area (Å²) in [5, 5.41) is 20.9. The third kappa shape index (κ3) is 4.91. The lowest BCUT2D eigenvalue weighted by Gasteiger charge is -2.25. The van der Waals surface area contributed by atoms with Crippen LogP contribution in [0.2, 0.25) is 0 Å². The van der Waals surface area contributed by atoms with Gasteiger partial charge in [-0.15, -0.1) is 0 Å². The molecule has 2 aromatic heterocycles. The number of aromatic hydroxyl groups is 1. The summed E-state index contributed by atoms with van der Waals surface area (Å²) < 4.78 is 1.41. The number of hydrogen-bond donors (Lipinski definition) is 3. The number of hydrogen-bond acceptors (Lipinski definition) is 5. The van der Waals surface area contributed by atoms with Gasteiger partial charge in [-0.25, -0.2) is 4.79 Å². The Bertz CT molecular complexity index is 1350. The highest BCUT2D eigenvalue weighted by molar-refractivity contribution is 6.04. The molecular formula is C27H25N5O3. The predicted octanol–water partition coefficient (Wildman–Crippen LogP) is 4.93. The summed E-state index contributed by atoms with van der Waals surface area (Å²) in [4.78, 5) is 29.5. The van der Waals surface area contributed by atoms with Gasteiger partial charge in [0, 0.05) is 36.1 Å². The summed E-state index contributed by atoms with van der Waals surface area (Å²) in [6.07, 6.45) is 6.17. The normalized spacial score (nSPS) is 13.1. The molecule has 0 spiro atoms. The van der Waals surface area contributed by atoms with Crippen molar-refractivity contribution in [2.75, 3.05) is 5.32 Å². The standard InChI is InChI=1S/C27H25N5O3/c33-25-12-11-21(30-26(34)20-10-5-13-28-17-20)14-22(25)23-15-24(19-8-4-9-19)32(31-23)27(35)29-16-18-6-2-1-3-7-18/h1-3,5-7,10-15,17,19,33H,4,8-9,16H2,(H,29,35)(H,30,34). The number of benzene rings is 2. The van der Waals surface area contributed by atoms with Gasteiger partial charge in [-0.1, -0.05) is 36.8 Å². The third-order valence-electron chi connectivity index (χ3n) is 6.19. The molecule has 1 aliphatic rings. The molecular weight excluding hydrogens is 442 g/mol. The Hall–Kier alpha value is -4.46. The second-order valence-electron chi connectivity index (χ2n) is 8.57. The minimum atomic E-state index is -0.317. The average molecular weight is 468 g/mol. The number of phenols is 1. The molecule has 4 aromatic rings. The highest BCUT2D eigenvalue weighted by Gasteiger charge is 2.27. The summed E-state index contributed by atoms with van der Waals surface area (Å²) >= 11 is 0. The van der Waals surface area contributed by atoms with Crippen molar-refractivity contribution in [1.82, 2.24) is 20.1 Å². The summed E-state index contributed by atoms with van der Waals surface area (Å²) in [7, 11) is 0. The molecule has 1 aliphatic carbocycles. The third-order valence-corrected chi connectivity index (χ3v) is 6.19. The lowest BCUT2D eigenvalue weighted by molar-refractivity contribution is 0.102. The van der Waals surface area contributed by atoms with Crippen molar-refractivity contribution < 1.29 is 14.7 Å². The topological polar surface area (TPSA) is 109 Å². The lowest BCUT2D eigenvalue weighted by atomic mass is 9.82. The fourth-order valence-corrected chi connectivity index (χ4v) is 4.05. The summed E-state index contributed by atoms with van der Waals surface area (Å²) in [6, 6.07) is 19.4. The van der Waals surface area contributed by atoms with E-state index in [-0.39, 0.29) is 23.6 Å². The van der Waals surface area contributed by atoms with Crippen LogP contribution in [-0.4, -0.2) is 31.8 Å². The maximum Gasteiger partial charge on any atom is 0.342 e. The molecule has 0 aliphatic heterocycles. The van der Waals surface area contributed by atoms with Gasteiger partial charge in [-0.05, 0) is 54.8 Å². The number of amides is 2. The van der Waals surface area contributed by atoms with Crippen LogP contribution >= 0.6 is 0 Å². The van der Waals surface area contributed by atoms with Gasteiger partial charge in [0.05, 0.1) is 17.0 Å². The van der Waals surface area contributed by atoms with E-state index < -0.39 is 0 Å². The Kier molecular flexibility index (Phi) is 6.26. The average Bonchev–Trinajstić information content (AvgIpc) is 3.28. The number of nitrogens with one attached hydrogen (secondary N) is 2. The van der Waals surface area contributed by atoms with Crippen molar-refractivity contribution >= 4 is 17.6 Å². The van der Waals surface area contributed by atoms with Crippen LogP contribution in [0.3, 0.4) is 0 Å². The van der Waals surface area contributed by atoms with Crippen molar-refractivity contribution in [3.63, 3.8) is 0 Å². The van der Waals surface area contributed by atoms with Crippen LogP contribution in [0.1, 0.15) is 46.8 Å². The fraction of sp³-hybridized carbons (Fsp3) is 0.185. The largest absolute Gasteiger partial charge is 0.507 e. The van der Waals surface area contributed by atoms with Crippen LogP contribution in [0.5, 0.6) is 5.75 Å². The van der Waals surface area contributed by atoms with Gasteiger partial charge in [-0.3, -0.25) is 9.78 Å². The van der Waals surface area contributed by atoms with E-state index in [1.54, 1.807) is 30.5 Å². The van der Waals surface area contributed by atoms with E-state index in [2.05, 4.69) is 20.7 Å². The molecule has 35 heavy (non-hydrogen) atoms. The Balaban J connectivity index is 1.41. The molecule has 8 nitrogen and oxygen atoms in total. The van der Waals surface area contributed by atoms with E-state index in [0.29, 0.717) is 29.1 Å². The lowest BCUT2D eigenvalue weighted by Crippen LogP contribution is -2.31. The molecule has 0 bridgehead atoms. The SMILES string of the molecule is O=C(Nc1ccc(O)c(-c2cc(C3CCC3)n(C(=O)NCc3ccccc3)n2)c1)c1cccnc1. The number of rotatable bonds is 6. The number of carbonyl (C=O) groups is 2. The van der Waals surface area contributed by atoms with E-state index >= 15 is 0 Å². The first-order valence-electron chi connectivity index (χ1n) is 11.6. The Morgan fingerprint density at radius 1 is 1.03 bits per heavy atom. The summed E-state index contributed by atoms with van der Waals surface area (Å²) in [5.74, 6) is -0.0519. The highest BCUT2D eigenvalue weighted by Crippen LogP contribution is 2.39. The van der Waals surface area contributed by atoms with Crippen LogP contribution in [0.25, 0.3) is 11.3 Å². The van der Waals surface area contributed by atoms with E-state index in [9.17, 15) is 14.7 Å². The molecule has 1 saturated carbocycles. The van der Waals surface area contributed by atoms with Crippen molar-refractivity contribution in [2.24, 2.45) is 0 Å². The maximum atomic E-state index is 13.0. The van der Waals surface area contributed by atoms with Gasteiger partial charge in [0.2, 0.25) is 0 Å². The van der Waals surface area contributed by atoms with Gasteiger partial charge in [0.1, 0.15) is 5.75 Å². The van der Waals surface area contributed by atoms with Crippen molar-refractivity contribution in [2.45, 2.75) is 31.7 Å². The first-order valence-corrected chi connectivity index (χ1v) is 11.6. The molecule has 5 rings (SSSR count). The highest BCUT2D eigenvalue weighted by atomic mass is 16.3. The zero-order valence-electron chi connectivity index (χ0n) is 19.0. The fourth-order valence-electron chi connectivity index (χ4n) is 4.05. The smallest absolute Gasteiger partial charge is 0.342 e. The number of aromatic nitrogens is 3. The zero-order chi connectivity index (χ0) is 24.2. The summed E-state index contributed by atoms with van der Waals surface area (Å²) in [6.45, 7) is 0.389. The van der Waals surface area contributed by atoms with Gasteiger partial charge in [0.25, 0.3) is 5.91 Å². The summed E-state index contributed by atoms with van der Waals surface area (Å²) in [5.41, 5.74) is 3.64. The number of pyridine rings is 1. The Labute approximate surface area is 202 Å². The zero-order valence-corrected chi connectivity index (χ0v) is 19.0. The van der Waals surface area contributed by atoms with Crippen LogP contribution < -0.4 is 10.6 Å². The van der Waals surface area contributed by atoms with Gasteiger partial charge in [-0.2, -0.15) is 9.78 Å². The second-order valence-corrected chi connectivity index (χ2v) is 8.57. The number of carbonyl (C=O) groups excluding carboxylic acids is 2. The molecule has 176 valence electrons. The molecule has 0 unspecified atom stereocenters. The minimum Gasteiger partial charge on any atom is -0.507 e. The first kappa shape index (κ1) is 22.3. The molecule has 0 atom stereocenters. The van der Waals surface area contributed by atoms with Crippen LogP contribution in [0.15, 0.2) is 79.1 Å². The van der Waals surface area contributed by atoms with Crippen LogP contribution in [-0.2, 0) is 6.54 Å². The molecule has 2 amide bonds. The van der Waals surface area contributed by atoms with Gasteiger partial charge < -0.3 is 15.7 Å². The molecule has 0 saturated heterocycles. The van der Waals surface area contributed by atoms with Crippen molar-refractivity contribution in [3.05, 3.63) is 95.9 Å². The molecule has 0 radical (unpaired) electrons. The van der Waals surface area contributed by atoms with E-state index in [1.807, 2.05) is 36.4 Å². The molecule has 3 N–H and O–H groups in total. The maximum absolute atomic E-state index is 13.0. The van der Waals surface area contributed by atoms with E-state index in [1.165, 1.54) is 16.9 Å². The Morgan fingerprint density at radius 3 is 2.57 bits per heavy atom. The quantitative estimate of drug-likeness (QED) is 0.349. The number of nitrogens with zero attached hydrogens (tertiary/aromatic N) is 3. The van der Waals surface area contributed by atoms with Gasteiger partial charge in [0.15, 0.2) is 0 Å². The monoisotopic (exact) mass is 467 g/mol. The van der Waals surface area contributed by atoms with E-state index in [0.717, 1.165) is 30.5 Å². The van der Waals surface area contributed by atoms with Crippen molar-refractivity contribution in [1.29, 1.82) is 0 Å². The first-order chi connectivity index (χ1) is 17.1. The van der Waals surface area contributed by atoms with Gasteiger partial charge >= 0.3 is 6.03 Å². The molecule has 1 fully saturated rings. The molecule has 8 heteroatoms.